The minimum Gasteiger partial charge on any atom is -0.478 e. The number of likely N-dealkylation sites (tertiary alicyclic amines) is 1. The number of carboxylic acids is 1. The van der Waals surface area contributed by atoms with Crippen LogP contribution < -0.4 is 0 Å². The van der Waals surface area contributed by atoms with Gasteiger partial charge in [-0.05, 0) is 43.2 Å². The van der Waals surface area contributed by atoms with Crippen LogP contribution in [0.15, 0.2) is 24.3 Å². The zero-order chi connectivity index (χ0) is 15.2. The van der Waals surface area contributed by atoms with Crippen LogP contribution in [0.4, 0.5) is 0 Å². The quantitative estimate of drug-likeness (QED) is 0.878. The highest BCUT2D eigenvalue weighted by molar-refractivity contribution is 7.98. The van der Waals surface area contributed by atoms with E-state index in [1.165, 1.54) is 0 Å². The van der Waals surface area contributed by atoms with E-state index in [9.17, 15) is 9.59 Å². The Morgan fingerprint density at radius 3 is 2.67 bits per heavy atom. The summed E-state index contributed by atoms with van der Waals surface area (Å²) in [5.41, 5.74) is 1.29. The fourth-order valence-electron chi connectivity index (χ4n) is 2.74. The third-order valence-corrected chi connectivity index (χ3v) is 4.60. The van der Waals surface area contributed by atoms with Gasteiger partial charge in [0.05, 0.1) is 5.56 Å². The Morgan fingerprint density at radius 2 is 2.05 bits per heavy atom. The molecule has 0 aliphatic carbocycles. The van der Waals surface area contributed by atoms with Crippen molar-refractivity contribution in [3.05, 3.63) is 35.4 Å². The van der Waals surface area contributed by atoms with Gasteiger partial charge in [-0.25, -0.2) is 4.79 Å². The number of benzene rings is 1. The first-order valence-corrected chi connectivity index (χ1v) is 8.62. The van der Waals surface area contributed by atoms with Crippen molar-refractivity contribution in [1.82, 2.24) is 4.90 Å². The predicted octanol–water partition coefficient (Wildman–Crippen LogP) is 2.67. The molecule has 0 aromatic heterocycles. The van der Waals surface area contributed by atoms with Crippen LogP contribution in [0.2, 0.25) is 0 Å². The molecular formula is C16H21NO3S. The second-order valence-electron chi connectivity index (χ2n) is 5.34. The molecule has 21 heavy (non-hydrogen) atoms. The molecule has 0 radical (unpaired) electrons. The van der Waals surface area contributed by atoms with E-state index in [0.717, 1.165) is 30.7 Å². The van der Waals surface area contributed by atoms with E-state index in [2.05, 4.69) is 6.26 Å². The van der Waals surface area contributed by atoms with E-state index in [1.807, 2.05) is 4.90 Å². The molecule has 1 saturated heterocycles. The number of aryl methyl sites for hydroxylation is 1. The van der Waals surface area contributed by atoms with Crippen molar-refractivity contribution >= 4 is 23.6 Å². The summed E-state index contributed by atoms with van der Waals surface area (Å²) in [7, 11) is 0. The number of amides is 1. The fraction of sp³-hybridized carbons (Fsp3) is 0.500. The molecule has 0 saturated carbocycles. The van der Waals surface area contributed by atoms with Gasteiger partial charge in [-0.2, -0.15) is 11.8 Å². The third-order valence-electron chi connectivity index (χ3n) is 3.88. The van der Waals surface area contributed by atoms with E-state index in [1.54, 1.807) is 36.0 Å². The third kappa shape index (κ3) is 4.24. The maximum absolute atomic E-state index is 12.3. The van der Waals surface area contributed by atoms with Gasteiger partial charge in [0.15, 0.2) is 0 Å². The Hall–Kier alpha value is -1.49. The maximum atomic E-state index is 12.3. The molecule has 4 nitrogen and oxygen atoms in total. The van der Waals surface area contributed by atoms with Crippen LogP contribution in [0, 0.1) is 0 Å². The normalized spacial score (nSPS) is 18.0. The zero-order valence-corrected chi connectivity index (χ0v) is 13.1. The van der Waals surface area contributed by atoms with Crippen LogP contribution in [-0.4, -0.2) is 46.5 Å². The van der Waals surface area contributed by atoms with Crippen molar-refractivity contribution in [1.29, 1.82) is 0 Å². The van der Waals surface area contributed by atoms with E-state index in [4.69, 9.17) is 5.11 Å². The van der Waals surface area contributed by atoms with Gasteiger partial charge in [0.25, 0.3) is 0 Å². The molecule has 1 fully saturated rings. The minimum atomic E-state index is -0.922. The van der Waals surface area contributed by atoms with E-state index in [-0.39, 0.29) is 11.5 Å². The number of carboxylic acid groups (broad SMARTS) is 1. The second kappa shape index (κ2) is 7.50. The smallest absolute Gasteiger partial charge is 0.335 e. The SMILES string of the molecule is CSCC1CCCN1C(=O)CCc1ccc(C(=O)O)cc1. The van der Waals surface area contributed by atoms with Gasteiger partial charge in [-0.1, -0.05) is 12.1 Å². The zero-order valence-electron chi connectivity index (χ0n) is 12.2. The van der Waals surface area contributed by atoms with Crippen LogP contribution >= 0.6 is 11.8 Å². The van der Waals surface area contributed by atoms with E-state index >= 15 is 0 Å². The Balaban J connectivity index is 1.87. The first-order chi connectivity index (χ1) is 10.1. The van der Waals surface area contributed by atoms with Crippen LogP contribution in [-0.2, 0) is 11.2 Å². The lowest BCUT2D eigenvalue weighted by atomic mass is 10.1. The van der Waals surface area contributed by atoms with Crippen molar-refractivity contribution in [2.24, 2.45) is 0 Å². The van der Waals surface area contributed by atoms with Gasteiger partial charge in [0.1, 0.15) is 0 Å². The summed E-state index contributed by atoms with van der Waals surface area (Å²) in [6, 6.07) is 7.16. The lowest BCUT2D eigenvalue weighted by molar-refractivity contribution is -0.131. The summed E-state index contributed by atoms with van der Waals surface area (Å²) in [6.07, 6.45) is 5.45. The number of rotatable bonds is 6. The van der Waals surface area contributed by atoms with Gasteiger partial charge < -0.3 is 10.0 Å². The largest absolute Gasteiger partial charge is 0.478 e. The number of thioether (sulfide) groups is 1. The fourth-order valence-corrected chi connectivity index (χ4v) is 3.47. The molecule has 1 heterocycles. The molecule has 2 rings (SSSR count). The number of hydrogen-bond acceptors (Lipinski definition) is 3. The summed E-state index contributed by atoms with van der Waals surface area (Å²) >= 11 is 1.79. The Labute approximate surface area is 129 Å². The Morgan fingerprint density at radius 1 is 1.33 bits per heavy atom. The highest BCUT2D eigenvalue weighted by Gasteiger charge is 2.27. The summed E-state index contributed by atoms with van der Waals surface area (Å²) in [6.45, 7) is 0.877. The highest BCUT2D eigenvalue weighted by atomic mass is 32.2. The lowest BCUT2D eigenvalue weighted by Gasteiger charge is -2.24. The van der Waals surface area contributed by atoms with Crippen LogP contribution in [0.3, 0.4) is 0 Å². The Bertz CT molecular complexity index is 501. The monoisotopic (exact) mass is 307 g/mol. The molecule has 1 atom stereocenters. The first kappa shape index (κ1) is 15.9. The van der Waals surface area contributed by atoms with Crippen molar-refractivity contribution in [3.8, 4) is 0 Å². The van der Waals surface area contributed by atoms with Crippen molar-refractivity contribution in [2.75, 3.05) is 18.6 Å². The van der Waals surface area contributed by atoms with Crippen molar-refractivity contribution in [2.45, 2.75) is 31.7 Å². The van der Waals surface area contributed by atoms with Gasteiger partial charge in [-0.15, -0.1) is 0 Å². The van der Waals surface area contributed by atoms with Gasteiger partial charge >= 0.3 is 5.97 Å². The molecule has 1 aromatic carbocycles. The first-order valence-electron chi connectivity index (χ1n) is 7.22. The number of aromatic carboxylic acids is 1. The standard InChI is InChI=1S/C16H21NO3S/c1-21-11-14-3-2-10-17(14)15(18)9-6-12-4-7-13(8-5-12)16(19)20/h4-5,7-8,14H,2-3,6,9-11H2,1H3,(H,19,20). The number of hydrogen-bond donors (Lipinski definition) is 1. The van der Waals surface area contributed by atoms with E-state index < -0.39 is 5.97 Å². The van der Waals surface area contributed by atoms with E-state index in [0.29, 0.717) is 18.9 Å². The average Bonchev–Trinajstić information content (AvgIpc) is 2.94. The van der Waals surface area contributed by atoms with Crippen LogP contribution in [0.25, 0.3) is 0 Å². The van der Waals surface area contributed by atoms with Crippen molar-refractivity contribution in [3.63, 3.8) is 0 Å². The molecule has 1 aliphatic rings. The molecule has 1 unspecified atom stereocenters. The highest BCUT2D eigenvalue weighted by Crippen LogP contribution is 2.21. The molecule has 5 heteroatoms. The molecule has 0 spiro atoms. The van der Waals surface area contributed by atoms with Gasteiger partial charge in [0.2, 0.25) is 5.91 Å². The number of carbonyl (C=O) groups is 2. The maximum Gasteiger partial charge on any atom is 0.335 e. The van der Waals surface area contributed by atoms with Crippen LogP contribution in [0.1, 0.15) is 35.2 Å². The molecule has 1 amide bonds. The molecule has 0 bridgehead atoms. The molecule has 1 aromatic rings. The number of carbonyl (C=O) groups excluding carboxylic acids is 1. The van der Waals surface area contributed by atoms with Crippen molar-refractivity contribution < 1.29 is 14.7 Å². The van der Waals surface area contributed by atoms with Gasteiger partial charge in [-0.3, -0.25) is 4.79 Å². The summed E-state index contributed by atoms with van der Waals surface area (Å²) in [5.74, 6) is 0.308. The predicted molar refractivity (Wildman–Crippen MR) is 84.8 cm³/mol. The lowest BCUT2D eigenvalue weighted by Crippen LogP contribution is -2.37. The van der Waals surface area contributed by atoms with Gasteiger partial charge in [0, 0.05) is 24.8 Å². The summed E-state index contributed by atoms with van der Waals surface area (Å²) < 4.78 is 0. The summed E-state index contributed by atoms with van der Waals surface area (Å²) in [5, 5.41) is 8.85. The average molecular weight is 307 g/mol. The molecule has 114 valence electrons. The Kier molecular flexibility index (Phi) is 5.67. The minimum absolute atomic E-state index is 0.217. The van der Waals surface area contributed by atoms with Crippen LogP contribution in [0.5, 0.6) is 0 Å². The molecule has 1 aliphatic heterocycles. The second-order valence-corrected chi connectivity index (χ2v) is 6.25. The molecular weight excluding hydrogens is 286 g/mol. The topological polar surface area (TPSA) is 57.6 Å². The number of nitrogens with zero attached hydrogens (tertiary/aromatic N) is 1. The summed E-state index contributed by atoms with van der Waals surface area (Å²) in [4.78, 5) is 25.1. The molecule has 1 N–H and O–H groups in total.